The van der Waals surface area contributed by atoms with Crippen molar-refractivity contribution in [3.05, 3.63) is 108 Å². The second kappa shape index (κ2) is 14.2. The zero-order valence-electron chi connectivity index (χ0n) is 23.1. The van der Waals surface area contributed by atoms with Crippen molar-refractivity contribution in [3.63, 3.8) is 0 Å². The lowest BCUT2D eigenvalue weighted by molar-refractivity contribution is -0.275. The summed E-state index contributed by atoms with van der Waals surface area (Å²) >= 11 is 17.1. The standard InChI is InChI=1S/C32H35Cl3N2O4/c1-4-17-37(3)19-28-21(2)29(24-11-9-22(20-38)10-12-24)41-30(40-28)25-15-13-23(14-16-25)27-8-6-5-7-26(27)18-36-31(39)32(33,34)35/h4-16,21,28-30,38H,1,17-20H2,2-3H3,(H,36,39). The van der Waals surface area contributed by atoms with E-state index in [1.165, 1.54) is 0 Å². The number of aliphatic hydroxyl groups excluding tert-OH is 1. The maximum Gasteiger partial charge on any atom is 0.272 e. The summed E-state index contributed by atoms with van der Waals surface area (Å²) < 4.78 is 11.1. The molecule has 1 amide bonds. The molecule has 1 aliphatic heterocycles. The van der Waals surface area contributed by atoms with Gasteiger partial charge >= 0.3 is 0 Å². The van der Waals surface area contributed by atoms with Gasteiger partial charge in [0.15, 0.2) is 6.29 Å². The number of aliphatic hydroxyl groups is 1. The molecule has 6 nitrogen and oxygen atoms in total. The van der Waals surface area contributed by atoms with Crippen LogP contribution in [0.4, 0.5) is 0 Å². The summed E-state index contributed by atoms with van der Waals surface area (Å²) in [6, 6.07) is 23.7. The van der Waals surface area contributed by atoms with Crippen molar-refractivity contribution < 1.29 is 19.4 Å². The monoisotopic (exact) mass is 616 g/mol. The topological polar surface area (TPSA) is 71.0 Å². The van der Waals surface area contributed by atoms with Crippen LogP contribution in [0, 0.1) is 5.92 Å². The number of benzene rings is 3. The molecule has 41 heavy (non-hydrogen) atoms. The fraction of sp³-hybridized carbons (Fsp3) is 0.344. The number of likely N-dealkylation sites (N-methyl/N-ethyl adjacent to an activating group) is 1. The van der Waals surface area contributed by atoms with Crippen LogP contribution in [0.25, 0.3) is 11.1 Å². The quantitative estimate of drug-likeness (QED) is 0.195. The van der Waals surface area contributed by atoms with Gasteiger partial charge in [-0.2, -0.15) is 0 Å². The second-order valence-electron chi connectivity index (χ2n) is 10.3. The van der Waals surface area contributed by atoms with E-state index in [1.807, 2.05) is 78.9 Å². The van der Waals surface area contributed by atoms with Gasteiger partial charge in [0.1, 0.15) is 0 Å². The minimum Gasteiger partial charge on any atom is -0.392 e. The zero-order valence-corrected chi connectivity index (χ0v) is 25.4. The SMILES string of the molecule is C=CCN(C)CC1OC(c2ccc(-c3ccccc3CNC(=O)C(Cl)(Cl)Cl)cc2)OC(c2ccc(CO)cc2)C1C. The molecule has 1 saturated heterocycles. The lowest BCUT2D eigenvalue weighted by Gasteiger charge is -2.42. The Kier molecular flexibility index (Phi) is 10.9. The highest BCUT2D eigenvalue weighted by Crippen LogP contribution is 2.42. The first-order valence-corrected chi connectivity index (χ1v) is 14.6. The van der Waals surface area contributed by atoms with Crippen molar-refractivity contribution in [2.75, 3.05) is 20.1 Å². The molecule has 2 N–H and O–H groups in total. The highest BCUT2D eigenvalue weighted by molar-refractivity contribution is 6.76. The van der Waals surface area contributed by atoms with Crippen molar-refractivity contribution in [1.29, 1.82) is 0 Å². The first kappa shape index (κ1) is 31.5. The molecule has 4 unspecified atom stereocenters. The van der Waals surface area contributed by atoms with Crippen LogP contribution in [-0.2, 0) is 27.4 Å². The average Bonchev–Trinajstić information content (AvgIpc) is 2.97. The third-order valence-electron chi connectivity index (χ3n) is 7.26. The number of nitrogens with zero attached hydrogens (tertiary/aromatic N) is 1. The van der Waals surface area contributed by atoms with E-state index in [0.717, 1.165) is 46.5 Å². The summed E-state index contributed by atoms with van der Waals surface area (Å²) in [5, 5.41) is 12.2. The van der Waals surface area contributed by atoms with Gasteiger partial charge < -0.3 is 24.8 Å². The third kappa shape index (κ3) is 8.11. The summed E-state index contributed by atoms with van der Waals surface area (Å²) in [4.78, 5) is 14.3. The van der Waals surface area contributed by atoms with Gasteiger partial charge in [0.05, 0.1) is 18.8 Å². The van der Waals surface area contributed by atoms with Gasteiger partial charge in [-0.25, -0.2) is 0 Å². The van der Waals surface area contributed by atoms with Gasteiger partial charge in [-0.15, -0.1) is 6.58 Å². The number of halogens is 3. The molecule has 3 aromatic carbocycles. The molecule has 0 radical (unpaired) electrons. The van der Waals surface area contributed by atoms with Crippen LogP contribution in [0.5, 0.6) is 0 Å². The predicted octanol–water partition coefficient (Wildman–Crippen LogP) is 6.74. The van der Waals surface area contributed by atoms with Crippen LogP contribution >= 0.6 is 34.8 Å². The minimum atomic E-state index is -2.02. The Morgan fingerprint density at radius 2 is 1.68 bits per heavy atom. The van der Waals surface area contributed by atoms with Crippen LogP contribution in [0.3, 0.4) is 0 Å². The predicted molar refractivity (Wildman–Crippen MR) is 165 cm³/mol. The molecular formula is C32H35Cl3N2O4. The van der Waals surface area contributed by atoms with E-state index in [0.29, 0.717) is 0 Å². The number of carbonyl (C=O) groups excluding carboxylic acids is 1. The van der Waals surface area contributed by atoms with Crippen LogP contribution in [-0.4, -0.2) is 45.9 Å². The molecule has 9 heteroatoms. The van der Waals surface area contributed by atoms with E-state index in [9.17, 15) is 9.90 Å². The van der Waals surface area contributed by atoms with Crippen molar-refractivity contribution in [1.82, 2.24) is 10.2 Å². The number of amides is 1. The molecule has 3 aromatic rings. The lowest BCUT2D eigenvalue weighted by atomic mass is 9.90. The fourth-order valence-corrected chi connectivity index (χ4v) is 5.18. The summed E-state index contributed by atoms with van der Waals surface area (Å²) in [7, 11) is 2.05. The number of alkyl halides is 3. The van der Waals surface area contributed by atoms with Gasteiger partial charge in [0.25, 0.3) is 9.70 Å². The Hall–Kier alpha value is -2.42. The van der Waals surface area contributed by atoms with E-state index in [1.54, 1.807) is 0 Å². The molecule has 0 saturated carbocycles. The molecule has 0 bridgehead atoms. The highest BCUT2D eigenvalue weighted by Gasteiger charge is 2.38. The number of ether oxygens (including phenoxy) is 2. The Bertz CT molecular complexity index is 1310. The first-order valence-electron chi connectivity index (χ1n) is 13.4. The number of rotatable bonds is 10. The Morgan fingerprint density at radius 3 is 2.32 bits per heavy atom. The second-order valence-corrected chi connectivity index (χ2v) is 12.6. The Morgan fingerprint density at radius 1 is 1.02 bits per heavy atom. The summed E-state index contributed by atoms with van der Waals surface area (Å²) in [6.45, 7) is 7.70. The Labute approximate surface area is 256 Å². The van der Waals surface area contributed by atoms with Crippen LogP contribution in [0.2, 0.25) is 0 Å². The molecule has 1 aliphatic rings. The molecule has 0 spiro atoms. The Balaban J connectivity index is 1.57. The number of hydrogen-bond acceptors (Lipinski definition) is 5. The summed E-state index contributed by atoms with van der Waals surface area (Å²) in [6.07, 6.45) is 1.05. The first-order chi connectivity index (χ1) is 19.6. The molecule has 4 rings (SSSR count). The maximum absolute atomic E-state index is 12.1. The van der Waals surface area contributed by atoms with Crippen LogP contribution in [0.15, 0.2) is 85.5 Å². The van der Waals surface area contributed by atoms with E-state index in [-0.39, 0.29) is 31.3 Å². The molecule has 1 fully saturated rings. The van der Waals surface area contributed by atoms with E-state index < -0.39 is 16.0 Å². The van der Waals surface area contributed by atoms with Gasteiger partial charge in [-0.05, 0) is 34.9 Å². The minimum absolute atomic E-state index is 0.00316. The van der Waals surface area contributed by atoms with E-state index in [4.69, 9.17) is 44.3 Å². The lowest BCUT2D eigenvalue weighted by Crippen LogP contribution is -2.43. The third-order valence-corrected chi connectivity index (χ3v) is 7.78. The number of nitrogens with one attached hydrogen (secondary N) is 1. The van der Waals surface area contributed by atoms with Crippen LogP contribution in [0.1, 0.15) is 41.6 Å². The maximum atomic E-state index is 12.1. The van der Waals surface area contributed by atoms with Gasteiger partial charge in [0.2, 0.25) is 0 Å². The highest BCUT2D eigenvalue weighted by atomic mass is 35.6. The number of hydrogen-bond donors (Lipinski definition) is 2. The van der Waals surface area contributed by atoms with Gasteiger partial charge in [-0.3, -0.25) is 4.79 Å². The van der Waals surface area contributed by atoms with Crippen molar-refractivity contribution in [3.8, 4) is 11.1 Å². The molecule has 1 heterocycles. The normalized spacial score (nSPS) is 21.0. The summed E-state index contributed by atoms with van der Waals surface area (Å²) in [5.41, 5.74) is 5.61. The number of carbonyl (C=O) groups is 1. The van der Waals surface area contributed by atoms with Crippen molar-refractivity contribution in [2.24, 2.45) is 5.92 Å². The van der Waals surface area contributed by atoms with Crippen molar-refractivity contribution >= 4 is 40.7 Å². The van der Waals surface area contributed by atoms with E-state index >= 15 is 0 Å². The fourth-order valence-electron chi connectivity index (χ4n) is 4.98. The van der Waals surface area contributed by atoms with Crippen LogP contribution < -0.4 is 5.32 Å². The van der Waals surface area contributed by atoms with Gasteiger partial charge in [-0.1, -0.05) is 121 Å². The molecule has 218 valence electrons. The zero-order chi connectivity index (χ0) is 29.6. The van der Waals surface area contributed by atoms with Crippen molar-refractivity contribution in [2.45, 2.75) is 42.4 Å². The molecule has 0 aromatic heterocycles. The molecule has 0 aliphatic carbocycles. The smallest absolute Gasteiger partial charge is 0.272 e. The average molecular weight is 618 g/mol. The molecule has 4 atom stereocenters. The van der Waals surface area contributed by atoms with E-state index in [2.05, 4.69) is 30.8 Å². The molecular weight excluding hydrogens is 583 g/mol. The van der Waals surface area contributed by atoms with Gasteiger partial charge in [0, 0.05) is 31.1 Å². The largest absolute Gasteiger partial charge is 0.392 e. The summed E-state index contributed by atoms with van der Waals surface area (Å²) in [5.74, 6) is -0.588.